The van der Waals surface area contributed by atoms with Crippen molar-refractivity contribution in [1.29, 1.82) is 0 Å². The molecule has 5 aliphatic rings. The maximum absolute atomic E-state index is 14.1. The van der Waals surface area contributed by atoms with E-state index in [0.29, 0.717) is 36.0 Å². The second-order valence-electron chi connectivity index (χ2n) is 12.8. The third-order valence-corrected chi connectivity index (χ3v) is 10.4. The van der Waals surface area contributed by atoms with Crippen LogP contribution in [0.2, 0.25) is 0 Å². The smallest absolute Gasteiger partial charge is 0.228 e. The van der Waals surface area contributed by atoms with Gasteiger partial charge in [-0.1, -0.05) is 6.42 Å². The largest absolute Gasteiger partial charge is 0.473 e. The minimum atomic E-state index is -0.685. The summed E-state index contributed by atoms with van der Waals surface area (Å²) >= 11 is 0. The first kappa shape index (κ1) is 26.7. The van der Waals surface area contributed by atoms with Crippen molar-refractivity contribution in [3.8, 4) is 5.88 Å². The summed E-state index contributed by atoms with van der Waals surface area (Å²) in [6.45, 7) is 5.83. The van der Waals surface area contributed by atoms with Crippen molar-refractivity contribution in [2.24, 2.45) is 11.1 Å². The molecule has 2 aliphatic heterocycles. The van der Waals surface area contributed by atoms with Crippen LogP contribution in [-0.4, -0.2) is 89.3 Å². The average Bonchev–Trinajstić information content (AvgIpc) is 3.57. The maximum atomic E-state index is 14.1. The zero-order chi connectivity index (χ0) is 27.4. The van der Waals surface area contributed by atoms with Crippen LogP contribution >= 0.6 is 0 Å². The van der Waals surface area contributed by atoms with Gasteiger partial charge in [-0.15, -0.1) is 0 Å². The van der Waals surface area contributed by atoms with Crippen LogP contribution < -0.4 is 15.4 Å². The normalized spacial score (nSPS) is 30.3. The van der Waals surface area contributed by atoms with Crippen LogP contribution in [0.5, 0.6) is 5.88 Å². The number of aromatic nitrogens is 2. The topological polar surface area (TPSA) is 105 Å². The number of ketones is 2. The van der Waals surface area contributed by atoms with Crippen LogP contribution in [-0.2, 0) is 4.79 Å². The van der Waals surface area contributed by atoms with E-state index in [2.05, 4.69) is 40.7 Å². The fraction of sp³-hybridized carbons (Fsp3) is 0.733. The zero-order valence-corrected chi connectivity index (χ0v) is 23.9. The molecular formula is C30H44N6O3. The fourth-order valence-electron chi connectivity index (χ4n) is 7.61. The lowest BCUT2D eigenvalue weighted by Gasteiger charge is -2.41. The van der Waals surface area contributed by atoms with Crippen LogP contribution in [0.3, 0.4) is 0 Å². The van der Waals surface area contributed by atoms with E-state index < -0.39 is 5.41 Å². The number of Topliss-reactive ketones (excluding diaryl/α,β-unsaturated/α-hetero) is 2. The van der Waals surface area contributed by atoms with Crippen LogP contribution in [0.1, 0.15) is 88.2 Å². The summed E-state index contributed by atoms with van der Waals surface area (Å²) in [6.07, 6.45) is 9.78. The summed E-state index contributed by atoms with van der Waals surface area (Å²) in [7, 11) is 4.34. The molecule has 2 spiro atoms. The van der Waals surface area contributed by atoms with Crippen molar-refractivity contribution in [2.75, 3.05) is 45.2 Å². The number of allylic oxidation sites excluding steroid dienone is 2. The van der Waals surface area contributed by atoms with Gasteiger partial charge in [-0.2, -0.15) is 4.98 Å². The van der Waals surface area contributed by atoms with E-state index >= 15 is 0 Å². The molecule has 0 aromatic carbocycles. The number of piperazine rings is 1. The highest BCUT2D eigenvalue weighted by atomic mass is 16.5. The monoisotopic (exact) mass is 536 g/mol. The molecule has 39 heavy (non-hydrogen) atoms. The minimum absolute atomic E-state index is 0.0624. The number of likely N-dealkylation sites (tertiary alicyclic amines) is 1. The quantitative estimate of drug-likeness (QED) is 0.548. The summed E-state index contributed by atoms with van der Waals surface area (Å²) in [4.78, 5) is 43.7. The summed E-state index contributed by atoms with van der Waals surface area (Å²) < 4.78 is 6.44. The first-order valence-corrected chi connectivity index (χ1v) is 15.0. The molecule has 1 aromatic heterocycles. The fourth-order valence-corrected chi connectivity index (χ4v) is 7.61. The highest BCUT2D eigenvalue weighted by Gasteiger charge is 2.50. The number of hydrogen-bond acceptors (Lipinski definition) is 9. The Morgan fingerprint density at radius 3 is 2.56 bits per heavy atom. The molecule has 3 aliphatic carbocycles. The zero-order valence-electron chi connectivity index (χ0n) is 23.9. The van der Waals surface area contributed by atoms with Crippen molar-refractivity contribution in [3.05, 3.63) is 23.2 Å². The molecular weight excluding hydrogens is 492 g/mol. The summed E-state index contributed by atoms with van der Waals surface area (Å²) in [6, 6.07) is 2.23. The standard InChI is InChI=1S/C30H44N6O3/c1-20(22-9-7-15-34(22)2)39-25-18-24(36-17-16-35(3)29(19-36)13-14-29)32-28(33-25)26(38)21-8-6-12-30(27(21)31)11-5-4-10-23(30)37/h18,20,22H,4-17,19,31H2,1-3H3/t20-,22-,30+/m0/s1. The lowest BCUT2D eigenvalue weighted by molar-refractivity contribution is -0.129. The highest BCUT2D eigenvalue weighted by molar-refractivity contribution is 6.08. The second-order valence-corrected chi connectivity index (χ2v) is 12.8. The molecule has 2 saturated carbocycles. The molecule has 3 atom stereocenters. The van der Waals surface area contributed by atoms with Gasteiger partial charge in [0.2, 0.25) is 17.5 Å². The van der Waals surface area contributed by atoms with E-state index in [0.717, 1.165) is 76.9 Å². The van der Waals surface area contributed by atoms with E-state index in [4.69, 9.17) is 15.5 Å². The number of nitrogens with two attached hydrogens (primary N) is 1. The van der Waals surface area contributed by atoms with Crippen LogP contribution in [0.4, 0.5) is 5.82 Å². The Hall–Kier alpha value is -2.52. The molecule has 0 bridgehead atoms. The van der Waals surface area contributed by atoms with E-state index in [1.165, 1.54) is 12.8 Å². The van der Waals surface area contributed by atoms with E-state index in [-0.39, 0.29) is 29.0 Å². The van der Waals surface area contributed by atoms with Gasteiger partial charge >= 0.3 is 0 Å². The average molecular weight is 537 g/mol. The molecule has 1 aromatic rings. The van der Waals surface area contributed by atoms with Gasteiger partial charge in [0.15, 0.2) is 0 Å². The Kier molecular flexibility index (Phi) is 6.94. The van der Waals surface area contributed by atoms with E-state index in [1.807, 2.05) is 6.07 Å². The number of rotatable bonds is 6. The number of hydrogen-bond donors (Lipinski definition) is 1. The predicted octanol–water partition coefficient (Wildman–Crippen LogP) is 3.33. The van der Waals surface area contributed by atoms with Gasteiger partial charge in [0.05, 0.1) is 5.41 Å². The third kappa shape index (κ3) is 4.75. The van der Waals surface area contributed by atoms with Crippen molar-refractivity contribution >= 4 is 17.4 Å². The molecule has 6 rings (SSSR count). The van der Waals surface area contributed by atoms with Crippen LogP contribution in [0.15, 0.2) is 17.3 Å². The van der Waals surface area contributed by atoms with Crippen molar-refractivity contribution in [2.45, 2.75) is 95.2 Å². The van der Waals surface area contributed by atoms with Crippen LogP contribution in [0, 0.1) is 5.41 Å². The van der Waals surface area contributed by atoms with Gasteiger partial charge in [0.1, 0.15) is 17.7 Å². The molecule has 212 valence electrons. The Morgan fingerprint density at radius 1 is 1.05 bits per heavy atom. The molecule has 0 amide bonds. The molecule has 2 N–H and O–H groups in total. The number of nitrogens with zero attached hydrogens (tertiary/aromatic N) is 5. The molecule has 0 radical (unpaired) electrons. The van der Waals surface area contributed by atoms with Crippen molar-refractivity contribution in [1.82, 2.24) is 19.8 Å². The van der Waals surface area contributed by atoms with Gasteiger partial charge in [-0.25, -0.2) is 4.98 Å². The van der Waals surface area contributed by atoms with Crippen molar-refractivity contribution < 1.29 is 14.3 Å². The first-order chi connectivity index (χ1) is 18.7. The summed E-state index contributed by atoms with van der Waals surface area (Å²) in [5.41, 5.74) is 7.22. The number of carbonyl (C=O) groups is 2. The Bertz CT molecular complexity index is 1180. The molecule has 4 fully saturated rings. The molecule has 2 saturated heterocycles. The third-order valence-electron chi connectivity index (χ3n) is 10.4. The summed E-state index contributed by atoms with van der Waals surface area (Å²) in [5.74, 6) is 1.26. The van der Waals surface area contributed by atoms with Gasteiger partial charge in [-0.05, 0) is 85.4 Å². The lowest BCUT2D eigenvalue weighted by atomic mass is 9.64. The Labute approximate surface area is 232 Å². The number of carbonyl (C=O) groups excluding carboxylic acids is 2. The Morgan fingerprint density at radius 2 is 1.85 bits per heavy atom. The highest BCUT2D eigenvalue weighted by Crippen LogP contribution is 2.47. The van der Waals surface area contributed by atoms with Gasteiger partial charge < -0.3 is 15.4 Å². The molecule has 9 heteroatoms. The molecule has 9 nitrogen and oxygen atoms in total. The Balaban J connectivity index is 1.34. The molecule has 3 heterocycles. The van der Waals surface area contributed by atoms with Crippen molar-refractivity contribution in [3.63, 3.8) is 0 Å². The first-order valence-electron chi connectivity index (χ1n) is 15.0. The van der Waals surface area contributed by atoms with Gasteiger partial charge in [-0.3, -0.25) is 19.4 Å². The SMILES string of the molecule is C[C@H](Oc1cc(N2CCN(C)C3(CC3)C2)nc(C(=O)C2=C(N)[C@]3(CCCCC3=O)CCC2)n1)[C@@H]1CCCN1C. The van der Waals surface area contributed by atoms with Crippen LogP contribution in [0.25, 0.3) is 0 Å². The summed E-state index contributed by atoms with van der Waals surface area (Å²) in [5, 5.41) is 0. The minimum Gasteiger partial charge on any atom is -0.473 e. The second kappa shape index (κ2) is 10.1. The lowest BCUT2D eigenvalue weighted by Crippen LogP contribution is -2.53. The predicted molar refractivity (Wildman–Crippen MR) is 150 cm³/mol. The maximum Gasteiger partial charge on any atom is 0.228 e. The number of anilines is 1. The van der Waals surface area contributed by atoms with Gasteiger partial charge in [0.25, 0.3) is 0 Å². The van der Waals surface area contributed by atoms with Gasteiger partial charge in [0, 0.05) is 55.0 Å². The number of ether oxygens (including phenoxy) is 1. The molecule has 0 unspecified atom stereocenters. The van der Waals surface area contributed by atoms with E-state index in [1.54, 1.807) is 0 Å². The van der Waals surface area contributed by atoms with E-state index in [9.17, 15) is 9.59 Å². The number of likely N-dealkylation sites (N-methyl/N-ethyl adjacent to an activating group) is 2.